The SMILES string of the molecule is CC(CNC(=O)CN1CCCCC1C=O)c1ccccc1. The van der Waals surface area contributed by atoms with Crippen LogP contribution in [0.5, 0.6) is 0 Å². The minimum absolute atomic E-state index is 0.00605. The molecule has 114 valence electrons. The number of likely N-dealkylation sites (tertiary alicyclic amines) is 1. The largest absolute Gasteiger partial charge is 0.354 e. The maximum atomic E-state index is 12.0. The van der Waals surface area contributed by atoms with Crippen LogP contribution in [0.25, 0.3) is 0 Å². The highest BCUT2D eigenvalue weighted by molar-refractivity contribution is 5.78. The number of rotatable bonds is 6. The Labute approximate surface area is 126 Å². The van der Waals surface area contributed by atoms with Gasteiger partial charge < -0.3 is 10.1 Å². The Balaban J connectivity index is 1.78. The van der Waals surface area contributed by atoms with Crippen molar-refractivity contribution in [2.75, 3.05) is 19.6 Å². The van der Waals surface area contributed by atoms with E-state index < -0.39 is 0 Å². The number of hydrogen-bond acceptors (Lipinski definition) is 3. The Kier molecular flexibility index (Phi) is 5.93. The van der Waals surface area contributed by atoms with Crippen LogP contribution in [-0.2, 0) is 9.59 Å². The summed E-state index contributed by atoms with van der Waals surface area (Å²) in [6.45, 7) is 3.89. The molecule has 2 atom stereocenters. The van der Waals surface area contributed by atoms with E-state index in [1.165, 1.54) is 5.56 Å². The fourth-order valence-corrected chi connectivity index (χ4v) is 2.77. The van der Waals surface area contributed by atoms with Gasteiger partial charge in [-0.2, -0.15) is 0 Å². The van der Waals surface area contributed by atoms with Crippen LogP contribution in [0, 0.1) is 0 Å². The smallest absolute Gasteiger partial charge is 0.234 e. The van der Waals surface area contributed by atoms with Gasteiger partial charge in [0.25, 0.3) is 0 Å². The van der Waals surface area contributed by atoms with Gasteiger partial charge in [-0.1, -0.05) is 43.7 Å². The fourth-order valence-electron chi connectivity index (χ4n) is 2.77. The second kappa shape index (κ2) is 7.93. The zero-order valence-electron chi connectivity index (χ0n) is 12.6. The molecule has 1 heterocycles. The zero-order valence-corrected chi connectivity index (χ0v) is 12.6. The molecule has 1 aliphatic heterocycles. The van der Waals surface area contributed by atoms with Gasteiger partial charge in [-0.25, -0.2) is 0 Å². The van der Waals surface area contributed by atoms with Crippen molar-refractivity contribution < 1.29 is 9.59 Å². The maximum absolute atomic E-state index is 12.0. The first-order valence-electron chi connectivity index (χ1n) is 7.71. The lowest BCUT2D eigenvalue weighted by atomic mass is 10.0. The molecule has 0 radical (unpaired) electrons. The molecule has 1 aromatic rings. The van der Waals surface area contributed by atoms with Gasteiger partial charge in [-0.05, 0) is 30.9 Å². The maximum Gasteiger partial charge on any atom is 0.234 e. The standard InChI is InChI=1S/C17H24N2O2/c1-14(15-7-3-2-4-8-15)11-18-17(21)12-19-10-6-5-9-16(19)13-20/h2-4,7-8,13-14,16H,5-6,9-12H2,1H3,(H,18,21). The highest BCUT2D eigenvalue weighted by atomic mass is 16.2. The quantitative estimate of drug-likeness (QED) is 0.814. The van der Waals surface area contributed by atoms with E-state index in [-0.39, 0.29) is 11.9 Å². The van der Waals surface area contributed by atoms with Crippen LogP contribution in [0.2, 0.25) is 0 Å². The molecule has 21 heavy (non-hydrogen) atoms. The van der Waals surface area contributed by atoms with Crippen LogP contribution in [0.15, 0.2) is 30.3 Å². The summed E-state index contributed by atoms with van der Waals surface area (Å²) in [5, 5.41) is 2.98. The molecule has 0 aliphatic carbocycles. The van der Waals surface area contributed by atoms with Crippen LogP contribution >= 0.6 is 0 Å². The molecule has 0 saturated carbocycles. The van der Waals surface area contributed by atoms with E-state index in [2.05, 4.69) is 24.4 Å². The van der Waals surface area contributed by atoms with Crippen molar-refractivity contribution in [3.05, 3.63) is 35.9 Å². The summed E-state index contributed by atoms with van der Waals surface area (Å²) in [6.07, 6.45) is 3.99. The monoisotopic (exact) mass is 288 g/mol. The van der Waals surface area contributed by atoms with Crippen molar-refractivity contribution in [2.45, 2.75) is 38.1 Å². The van der Waals surface area contributed by atoms with E-state index in [4.69, 9.17) is 0 Å². The van der Waals surface area contributed by atoms with Crippen LogP contribution in [0.3, 0.4) is 0 Å². The number of hydrogen-bond donors (Lipinski definition) is 1. The third-order valence-corrected chi connectivity index (χ3v) is 4.14. The zero-order chi connectivity index (χ0) is 15.1. The molecule has 1 aromatic carbocycles. The highest BCUT2D eigenvalue weighted by Gasteiger charge is 2.23. The van der Waals surface area contributed by atoms with Gasteiger partial charge in [0, 0.05) is 6.54 Å². The van der Waals surface area contributed by atoms with Gasteiger partial charge in [0.2, 0.25) is 5.91 Å². The van der Waals surface area contributed by atoms with E-state index >= 15 is 0 Å². The number of benzene rings is 1. The molecule has 4 nitrogen and oxygen atoms in total. The average Bonchev–Trinajstić information content (AvgIpc) is 2.54. The predicted molar refractivity (Wildman–Crippen MR) is 83.1 cm³/mol. The molecule has 2 unspecified atom stereocenters. The number of piperidine rings is 1. The van der Waals surface area contributed by atoms with Crippen molar-refractivity contribution >= 4 is 12.2 Å². The highest BCUT2D eigenvalue weighted by Crippen LogP contribution is 2.15. The van der Waals surface area contributed by atoms with E-state index in [1.807, 2.05) is 23.1 Å². The number of amides is 1. The Morgan fingerprint density at radius 3 is 2.86 bits per heavy atom. The van der Waals surface area contributed by atoms with Crippen molar-refractivity contribution in [1.82, 2.24) is 10.2 Å². The van der Waals surface area contributed by atoms with Crippen LogP contribution in [0.4, 0.5) is 0 Å². The number of carbonyl (C=O) groups excluding carboxylic acids is 2. The number of nitrogens with zero attached hydrogens (tertiary/aromatic N) is 1. The second-order valence-electron chi connectivity index (χ2n) is 5.79. The second-order valence-corrected chi connectivity index (χ2v) is 5.79. The molecule has 0 aromatic heterocycles. The average molecular weight is 288 g/mol. The number of nitrogens with one attached hydrogen (secondary N) is 1. The molecular weight excluding hydrogens is 264 g/mol. The van der Waals surface area contributed by atoms with Crippen molar-refractivity contribution in [3.8, 4) is 0 Å². The number of carbonyl (C=O) groups is 2. The van der Waals surface area contributed by atoms with Crippen molar-refractivity contribution in [3.63, 3.8) is 0 Å². The first-order chi connectivity index (χ1) is 10.2. The van der Waals surface area contributed by atoms with Gasteiger partial charge in [0.15, 0.2) is 0 Å². The normalized spacial score (nSPS) is 20.7. The molecule has 1 N–H and O–H groups in total. The summed E-state index contributed by atoms with van der Waals surface area (Å²) in [5.41, 5.74) is 1.22. The van der Waals surface area contributed by atoms with E-state index in [1.54, 1.807) is 0 Å². The van der Waals surface area contributed by atoms with Crippen molar-refractivity contribution in [2.24, 2.45) is 0 Å². The summed E-state index contributed by atoms with van der Waals surface area (Å²) in [4.78, 5) is 25.1. The summed E-state index contributed by atoms with van der Waals surface area (Å²) >= 11 is 0. The van der Waals surface area contributed by atoms with Gasteiger partial charge in [0.1, 0.15) is 6.29 Å². The van der Waals surface area contributed by atoms with Crippen LogP contribution < -0.4 is 5.32 Å². The summed E-state index contributed by atoms with van der Waals surface area (Å²) < 4.78 is 0. The lowest BCUT2D eigenvalue weighted by Gasteiger charge is -2.31. The Morgan fingerprint density at radius 2 is 2.14 bits per heavy atom. The fraction of sp³-hybridized carbons (Fsp3) is 0.529. The Hall–Kier alpha value is -1.68. The lowest BCUT2D eigenvalue weighted by Crippen LogP contribution is -2.46. The van der Waals surface area contributed by atoms with E-state index in [9.17, 15) is 9.59 Å². The molecule has 1 saturated heterocycles. The molecule has 1 aliphatic rings. The first-order valence-corrected chi connectivity index (χ1v) is 7.71. The molecule has 4 heteroatoms. The van der Waals surface area contributed by atoms with Crippen LogP contribution in [-0.4, -0.2) is 42.8 Å². The molecule has 1 amide bonds. The lowest BCUT2D eigenvalue weighted by molar-refractivity contribution is -0.124. The molecule has 0 spiro atoms. The third kappa shape index (κ3) is 4.67. The third-order valence-electron chi connectivity index (χ3n) is 4.14. The molecular formula is C17H24N2O2. The predicted octanol–water partition coefficient (Wildman–Crippen LogP) is 1.96. The van der Waals surface area contributed by atoms with Gasteiger partial charge in [-0.3, -0.25) is 9.69 Å². The topological polar surface area (TPSA) is 49.4 Å². The van der Waals surface area contributed by atoms with Gasteiger partial charge >= 0.3 is 0 Å². The first kappa shape index (κ1) is 15.7. The summed E-state index contributed by atoms with van der Waals surface area (Å²) in [7, 11) is 0. The minimum atomic E-state index is -0.0870. The van der Waals surface area contributed by atoms with Crippen molar-refractivity contribution in [1.29, 1.82) is 0 Å². The Morgan fingerprint density at radius 1 is 1.38 bits per heavy atom. The molecule has 2 rings (SSSR count). The minimum Gasteiger partial charge on any atom is -0.354 e. The Bertz CT molecular complexity index is 461. The van der Waals surface area contributed by atoms with Gasteiger partial charge in [-0.15, -0.1) is 0 Å². The number of aldehydes is 1. The summed E-state index contributed by atoms with van der Waals surface area (Å²) in [6, 6.07) is 10.1. The van der Waals surface area contributed by atoms with E-state index in [0.29, 0.717) is 19.0 Å². The van der Waals surface area contributed by atoms with Gasteiger partial charge in [0.05, 0.1) is 12.6 Å². The van der Waals surface area contributed by atoms with Crippen LogP contribution in [0.1, 0.15) is 37.7 Å². The molecule has 1 fully saturated rings. The molecule has 0 bridgehead atoms. The van der Waals surface area contributed by atoms with E-state index in [0.717, 1.165) is 32.1 Å². The summed E-state index contributed by atoms with van der Waals surface area (Å²) in [5.74, 6) is 0.296.